The molecule has 8 heteroatoms. The summed E-state index contributed by atoms with van der Waals surface area (Å²) < 4.78 is 5.15. The van der Waals surface area contributed by atoms with Crippen LogP contribution in [0.2, 0.25) is 5.02 Å². The van der Waals surface area contributed by atoms with Gasteiger partial charge in [0.25, 0.3) is 5.91 Å². The third kappa shape index (κ3) is 5.49. The standard InChI is InChI=1S/C18H18ClN3O4/c1-11(16(23)21-10-13-5-2-3-8-15(13)19)26-17(24)12-6-4-7-14(9-12)22-18(20)25/h2-9,11H,10H2,1H3,(H,21,23)(H3,20,22,25)/t11-/m1/s1. The number of halogens is 1. The molecule has 2 rings (SSSR count). The van der Waals surface area contributed by atoms with Crippen molar-refractivity contribution in [2.45, 2.75) is 19.6 Å². The Labute approximate surface area is 155 Å². The summed E-state index contributed by atoms with van der Waals surface area (Å²) in [6.45, 7) is 1.68. The summed E-state index contributed by atoms with van der Waals surface area (Å²) in [5.74, 6) is -1.15. The van der Waals surface area contributed by atoms with Gasteiger partial charge in [-0.05, 0) is 36.8 Å². The van der Waals surface area contributed by atoms with Gasteiger partial charge in [-0.25, -0.2) is 9.59 Å². The van der Waals surface area contributed by atoms with Crippen LogP contribution in [0.3, 0.4) is 0 Å². The minimum Gasteiger partial charge on any atom is -0.449 e. The number of nitrogens with one attached hydrogen (secondary N) is 2. The van der Waals surface area contributed by atoms with Gasteiger partial charge in [-0.2, -0.15) is 0 Å². The molecule has 0 aliphatic heterocycles. The van der Waals surface area contributed by atoms with Gasteiger partial charge < -0.3 is 21.1 Å². The molecular formula is C18H18ClN3O4. The summed E-state index contributed by atoms with van der Waals surface area (Å²) in [5.41, 5.74) is 6.32. The third-order valence-corrected chi connectivity index (χ3v) is 3.80. The number of amides is 3. The summed E-state index contributed by atoms with van der Waals surface area (Å²) in [7, 11) is 0. The van der Waals surface area contributed by atoms with Crippen LogP contribution in [0, 0.1) is 0 Å². The van der Waals surface area contributed by atoms with Crippen molar-refractivity contribution in [2.24, 2.45) is 5.73 Å². The van der Waals surface area contributed by atoms with Gasteiger partial charge in [0.2, 0.25) is 0 Å². The zero-order valence-electron chi connectivity index (χ0n) is 14.0. The topological polar surface area (TPSA) is 111 Å². The molecular weight excluding hydrogens is 358 g/mol. The van der Waals surface area contributed by atoms with E-state index in [1.807, 2.05) is 6.07 Å². The molecule has 26 heavy (non-hydrogen) atoms. The van der Waals surface area contributed by atoms with Crippen LogP contribution in [0.1, 0.15) is 22.8 Å². The van der Waals surface area contributed by atoms with E-state index >= 15 is 0 Å². The SMILES string of the molecule is C[C@@H](OC(=O)c1cccc(NC(N)=O)c1)C(=O)NCc1ccccc1Cl. The first-order valence-corrected chi connectivity index (χ1v) is 8.13. The first kappa shape index (κ1) is 19.3. The van der Waals surface area contributed by atoms with Gasteiger partial charge in [-0.1, -0.05) is 35.9 Å². The number of hydrogen-bond acceptors (Lipinski definition) is 4. The van der Waals surface area contributed by atoms with Crippen molar-refractivity contribution >= 4 is 35.2 Å². The number of hydrogen-bond donors (Lipinski definition) is 3. The van der Waals surface area contributed by atoms with Crippen molar-refractivity contribution in [1.29, 1.82) is 0 Å². The number of ether oxygens (including phenoxy) is 1. The number of urea groups is 1. The van der Waals surface area contributed by atoms with Gasteiger partial charge in [0, 0.05) is 17.3 Å². The second-order valence-electron chi connectivity index (χ2n) is 5.43. The molecule has 0 saturated heterocycles. The minimum absolute atomic E-state index is 0.182. The summed E-state index contributed by atoms with van der Waals surface area (Å²) >= 11 is 6.03. The average molecular weight is 376 g/mol. The molecule has 4 N–H and O–H groups in total. The first-order valence-electron chi connectivity index (χ1n) is 7.75. The molecule has 7 nitrogen and oxygen atoms in total. The molecule has 1 atom stereocenters. The number of nitrogens with two attached hydrogens (primary N) is 1. The van der Waals surface area contributed by atoms with E-state index in [0.717, 1.165) is 5.56 Å². The lowest BCUT2D eigenvalue weighted by Crippen LogP contribution is -2.35. The van der Waals surface area contributed by atoms with Crippen molar-refractivity contribution in [3.05, 3.63) is 64.7 Å². The van der Waals surface area contributed by atoms with Gasteiger partial charge in [0.1, 0.15) is 0 Å². The lowest BCUT2D eigenvalue weighted by atomic mass is 10.2. The maximum Gasteiger partial charge on any atom is 0.338 e. The van der Waals surface area contributed by atoms with E-state index in [-0.39, 0.29) is 12.1 Å². The Kier molecular flexibility index (Phi) is 6.57. The Morgan fingerprint density at radius 3 is 2.58 bits per heavy atom. The molecule has 2 aromatic carbocycles. The van der Waals surface area contributed by atoms with Crippen molar-refractivity contribution in [3.63, 3.8) is 0 Å². The van der Waals surface area contributed by atoms with E-state index in [4.69, 9.17) is 22.1 Å². The molecule has 0 spiro atoms. The second-order valence-corrected chi connectivity index (χ2v) is 5.83. The molecule has 0 fully saturated rings. The van der Waals surface area contributed by atoms with Crippen LogP contribution < -0.4 is 16.4 Å². The molecule has 0 saturated carbocycles. The van der Waals surface area contributed by atoms with E-state index in [0.29, 0.717) is 10.7 Å². The van der Waals surface area contributed by atoms with Crippen LogP contribution in [0.15, 0.2) is 48.5 Å². The number of anilines is 1. The number of benzene rings is 2. The van der Waals surface area contributed by atoms with Gasteiger partial charge in [-0.15, -0.1) is 0 Å². The van der Waals surface area contributed by atoms with Crippen LogP contribution >= 0.6 is 11.6 Å². The normalized spacial score (nSPS) is 11.3. The van der Waals surface area contributed by atoms with Crippen LogP contribution in [0.5, 0.6) is 0 Å². The average Bonchev–Trinajstić information content (AvgIpc) is 2.60. The lowest BCUT2D eigenvalue weighted by molar-refractivity contribution is -0.129. The predicted octanol–water partition coefficient (Wildman–Crippen LogP) is 2.69. The smallest absolute Gasteiger partial charge is 0.338 e. The molecule has 3 amide bonds. The lowest BCUT2D eigenvalue weighted by Gasteiger charge is -2.14. The molecule has 2 aromatic rings. The minimum atomic E-state index is -1.00. The fourth-order valence-corrected chi connectivity index (χ4v) is 2.32. The van der Waals surface area contributed by atoms with Gasteiger partial charge in [0.15, 0.2) is 6.10 Å². The summed E-state index contributed by atoms with van der Waals surface area (Å²) in [6.07, 6.45) is -1.00. The van der Waals surface area contributed by atoms with E-state index < -0.39 is 24.0 Å². The Bertz CT molecular complexity index is 826. The van der Waals surface area contributed by atoms with E-state index in [1.54, 1.807) is 30.3 Å². The predicted molar refractivity (Wildman–Crippen MR) is 97.8 cm³/mol. The maximum absolute atomic E-state index is 12.2. The summed E-state index contributed by atoms with van der Waals surface area (Å²) in [4.78, 5) is 35.1. The van der Waals surface area contributed by atoms with Crippen molar-refractivity contribution in [3.8, 4) is 0 Å². The van der Waals surface area contributed by atoms with Crippen LogP contribution in [0.25, 0.3) is 0 Å². The summed E-state index contributed by atoms with van der Waals surface area (Å²) in [6, 6.07) is 12.4. The fraction of sp³-hybridized carbons (Fsp3) is 0.167. The molecule has 0 aliphatic carbocycles. The number of rotatable bonds is 6. The van der Waals surface area contributed by atoms with Gasteiger partial charge in [-0.3, -0.25) is 4.79 Å². The first-order chi connectivity index (χ1) is 12.4. The highest BCUT2D eigenvalue weighted by Gasteiger charge is 2.19. The Hall–Kier alpha value is -3.06. The van der Waals surface area contributed by atoms with Crippen LogP contribution in [0.4, 0.5) is 10.5 Å². The van der Waals surface area contributed by atoms with E-state index in [2.05, 4.69) is 10.6 Å². The second kappa shape index (κ2) is 8.87. The van der Waals surface area contributed by atoms with E-state index in [1.165, 1.54) is 19.1 Å². The number of primary amides is 1. The zero-order chi connectivity index (χ0) is 19.1. The number of carbonyl (C=O) groups excluding carboxylic acids is 3. The highest BCUT2D eigenvalue weighted by Crippen LogP contribution is 2.15. The van der Waals surface area contributed by atoms with Crippen molar-refractivity contribution in [2.75, 3.05) is 5.32 Å². The Morgan fingerprint density at radius 2 is 1.88 bits per heavy atom. The number of carbonyl (C=O) groups is 3. The fourth-order valence-electron chi connectivity index (χ4n) is 2.12. The molecule has 0 radical (unpaired) electrons. The third-order valence-electron chi connectivity index (χ3n) is 3.43. The molecule has 0 bridgehead atoms. The van der Waals surface area contributed by atoms with Crippen molar-refractivity contribution < 1.29 is 19.1 Å². The largest absolute Gasteiger partial charge is 0.449 e. The zero-order valence-corrected chi connectivity index (χ0v) is 14.7. The van der Waals surface area contributed by atoms with Gasteiger partial charge >= 0.3 is 12.0 Å². The highest BCUT2D eigenvalue weighted by atomic mass is 35.5. The molecule has 0 unspecified atom stereocenters. The monoisotopic (exact) mass is 375 g/mol. The van der Waals surface area contributed by atoms with Crippen LogP contribution in [-0.4, -0.2) is 24.0 Å². The quantitative estimate of drug-likeness (QED) is 0.674. The molecule has 136 valence electrons. The Morgan fingerprint density at radius 1 is 1.15 bits per heavy atom. The summed E-state index contributed by atoms with van der Waals surface area (Å²) in [5, 5.41) is 5.56. The maximum atomic E-state index is 12.2. The van der Waals surface area contributed by atoms with Crippen molar-refractivity contribution in [1.82, 2.24) is 5.32 Å². The molecule has 0 heterocycles. The highest BCUT2D eigenvalue weighted by molar-refractivity contribution is 6.31. The molecule has 0 aliphatic rings. The van der Waals surface area contributed by atoms with E-state index in [9.17, 15) is 14.4 Å². The van der Waals surface area contributed by atoms with Crippen LogP contribution in [-0.2, 0) is 16.1 Å². The number of esters is 1. The van der Waals surface area contributed by atoms with Gasteiger partial charge in [0.05, 0.1) is 5.56 Å². The molecule has 0 aromatic heterocycles. The Balaban J connectivity index is 1.92.